The van der Waals surface area contributed by atoms with Crippen molar-refractivity contribution in [2.75, 3.05) is 5.88 Å². The average molecular weight is 270 g/mol. The maximum absolute atomic E-state index is 12.7. The number of alkyl halides is 4. The van der Waals surface area contributed by atoms with Gasteiger partial charge < -0.3 is 5.32 Å². The molecule has 1 aromatic carbocycles. The second kappa shape index (κ2) is 5.35. The van der Waals surface area contributed by atoms with Crippen LogP contribution in [0.1, 0.15) is 11.6 Å². The predicted molar refractivity (Wildman–Crippen MR) is 54.1 cm³/mol. The summed E-state index contributed by atoms with van der Waals surface area (Å²) in [6.45, 7) is 0. The minimum atomic E-state index is -4.67. The summed E-state index contributed by atoms with van der Waals surface area (Å²) in [6, 6.07) is 1.51. The number of benzene rings is 1. The fourth-order valence-corrected chi connectivity index (χ4v) is 1.29. The van der Waals surface area contributed by atoms with Crippen molar-refractivity contribution in [3.8, 4) is 0 Å². The van der Waals surface area contributed by atoms with Gasteiger partial charge in [-0.15, -0.1) is 11.6 Å². The Hall–Kier alpha value is -1.30. The Morgan fingerprint density at radius 3 is 2.24 bits per heavy atom. The van der Waals surface area contributed by atoms with E-state index in [0.29, 0.717) is 0 Å². The van der Waals surface area contributed by atoms with Gasteiger partial charge in [-0.05, 0) is 17.7 Å². The first-order valence-electron chi connectivity index (χ1n) is 4.52. The SMILES string of the molecule is O=C(CCl)N[C@H](c1ccc(F)cc1)C(F)(F)F. The first-order chi connectivity index (χ1) is 7.84. The van der Waals surface area contributed by atoms with Gasteiger partial charge in [-0.25, -0.2) is 4.39 Å². The Kier molecular flexibility index (Phi) is 4.34. The monoisotopic (exact) mass is 269 g/mol. The number of amides is 1. The van der Waals surface area contributed by atoms with Crippen molar-refractivity contribution in [2.24, 2.45) is 0 Å². The van der Waals surface area contributed by atoms with Crippen LogP contribution in [0, 0.1) is 5.82 Å². The van der Waals surface area contributed by atoms with Crippen LogP contribution < -0.4 is 5.32 Å². The Bertz CT molecular complexity index is 390. The molecular formula is C10H8ClF4NO. The van der Waals surface area contributed by atoms with Crippen LogP contribution in [0.15, 0.2) is 24.3 Å². The van der Waals surface area contributed by atoms with Gasteiger partial charge in [-0.2, -0.15) is 13.2 Å². The standard InChI is InChI=1S/C10H8ClF4NO/c11-5-8(17)16-9(10(13,14)15)6-1-3-7(12)4-2-6/h1-4,9H,5H2,(H,16,17)/t9-/m1/s1. The van der Waals surface area contributed by atoms with Gasteiger partial charge >= 0.3 is 6.18 Å². The van der Waals surface area contributed by atoms with Crippen molar-refractivity contribution in [3.63, 3.8) is 0 Å². The van der Waals surface area contributed by atoms with Gasteiger partial charge in [0.15, 0.2) is 6.04 Å². The summed E-state index contributed by atoms with van der Waals surface area (Å²) in [5, 5.41) is 1.72. The van der Waals surface area contributed by atoms with Gasteiger partial charge in [0.2, 0.25) is 5.91 Å². The summed E-state index contributed by atoms with van der Waals surface area (Å²) >= 11 is 5.12. The molecule has 1 aromatic rings. The van der Waals surface area contributed by atoms with Gasteiger partial charge in [0, 0.05) is 0 Å². The molecule has 0 aromatic heterocycles. The fraction of sp³-hybridized carbons (Fsp3) is 0.300. The van der Waals surface area contributed by atoms with Crippen molar-refractivity contribution in [2.45, 2.75) is 12.2 Å². The van der Waals surface area contributed by atoms with Gasteiger partial charge in [0.25, 0.3) is 0 Å². The summed E-state index contributed by atoms with van der Waals surface area (Å²) in [7, 11) is 0. The highest BCUT2D eigenvalue weighted by atomic mass is 35.5. The molecular weight excluding hydrogens is 262 g/mol. The van der Waals surface area contributed by atoms with Crippen LogP contribution in [0.2, 0.25) is 0 Å². The molecule has 0 heterocycles. The zero-order valence-electron chi connectivity index (χ0n) is 8.39. The Labute approximate surface area is 99.6 Å². The molecule has 94 valence electrons. The molecule has 1 rings (SSSR count). The maximum atomic E-state index is 12.7. The molecule has 0 saturated carbocycles. The zero-order valence-corrected chi connectivity index (χ0v) is 9.15. The third-order valence-corrected chi connectivity index (χ3v) is 2.20. The van der Waals surface area contributed by atoms with E-state index in [2.05, 4.69) is 0 Å². The lowest BCUT2D eigenvalue weighted by Crippen LogP contribution is -2.38. The molecule has 0 aliphatic carbocycles. The van der Waals surface area contributed by atoms with E-state index in [-0.39, 0.29) is 5.56 Å². The Balaban J connectivity index is 2.98. The number of hydrogen-bond acceptors (Lipinski definition) is 1. The van der Waals surface area contributed by atoms with Crippen LogP contribution in [-0.4, -0.2) is 18.0 Å². The molecule has 0 radical (unpaired) electrons. The van der Waals surface area contributed by atoms with E-state index in [0.717, 1.165) is 24.3 Å². The number of rotatable bonds is 3. The van der Waals surface area contributed by atoms with Crippen molar-refractivity contribution >= 4 is 17.5 Å². The van der Waals surface area contributed by atoms with Crippen molar-refractivity contribution < 1.29 is 22.4 Å². The van der Waals surface area contributed by atoms with Gasteiger partial charge in [0.05, 0.1) is 0 Å². The van der Waals surface area contributed by atoms with E-state index >= 15 is 0 Å². The highest BCUT2D eigenvalue weighted by Gasteiger charge is 2.41. The van der Waals surface area contributed by atoms with Gasteiger partial charge in [-0.3, -0.25) is 4.79 Å². The minimum Gasteiger partial charge on any atom is -0.340 e. The van der Waals surface area contributed by atoms with Crippen molar-refractivity contribution in [1.82, 2.24) is 5.32 Å². The average Bonchev–Trinajstić information content (AvgIpc) is 2.25. The van der Waals surface area contributed by atoms with Crippen molar-refractivity contribution in [3.05, 3.63) is 35.6 Å². The Morgan fingerprint density at radius 2 is 1.82 bits per heavy atom. The maximum Gasteiger partial charge on any atom is 0.412 e. The van der Waals surface area contributed by atoms with Crippen LogP contribution in [0.3, 0.4) is 0 Å². The second-order valence-electron chi connectivity index (χ2n) is 3.23. The lowest BCUT2D eigenvalue weighted by molar-refractivity contribution is -0.162. The van der Waals surface area contributed by atoms with Gasteiger partial charge in [-0.1, -0.05) is 12.1 Å². The third kappa shape index (κ3) is 3.89. The summed E-state index contributed by atoms with van der Waals surface area (Å²) < 4.78 is 50.5. The highest BCUT2D eigenvalue weighted by molar-refractivity contribution is 6.27. The number of hydrogen-bond donors (Lipinski definition) is 1. The first-order valence-corrected chi connectivity index (χ1v) is 5.05. The van der Waals surface area contributed by atoms with Crippen LogP contribution in [0.4, 0.5) is 17.6 Å². The third-order valence-electron chi connectivity index (χ3n) is 1.96. The lowest BCUT2D eigenvalue weighted by Gasteiger charge is -2.21. The molecule has 0 saturated heterocycles. The number of carbonyl (C=O) groups excluding carboxylic acids is 1. The quantitative estimate of drug-likeness (QED) is 0.663. The smallest absolute Gasteiger partial charge is 0.340 e. The van der Waals surface area contributed by atoms with E-state index < -0.39 is 29.8 Å². The number of nitrogens with one attached hydrogen (secondary N) is 1. The van der Waals surface area contributed by atoms with E-state index in [1.807, 2.05) is 0 Å². The molecule has 0 fully saturated rings. The molecule has 0 unspecified atom stereocenters. The summed E-state index contributed by atoms with van der Waals surface area (Å²) in [5.74, 6) is -2.18. The predicted octanol–water partition coefficient (Wildman–Crippen LogP) is 2.78. The largest absolute Gasteiger partial charge is 0.412 e. The fourth-order valence-electron chi connectivity index (χ4n) is 1.21. The molecule has 0 spiro atoms. The zero-order chi connectivity index (χ0) is 13.1. The molecule has 7 heteroatoms. The molecule has 0 aliphatic heterocycles. The van der Waals surface area contributed by atoms with Crippen LogP contribution in [0.5, 0.6) is 0 Å². The topological polar surface area (TPSA) is 29.1 Å². The van der Waals surface area contributed by atoms with Crippen LogP contribution >= 0.6 is 11.6 Å². The molecule has 0 bridgehead atoms. The second-order valence-corrected chi connectivity index (χ2v) is 3.49. The molecule has 17 heavy (non-hydrogen) atoms. The normalized spacial score (nSPS) is 13.2. The lowest BCUT2D eigenvalue weighted by atomic mass is 10.1. The van der Waals surface area contributed by atoms with E-state index in [4.69, 9.17) is 11.6 Å². The summed E-state index contributed by atoms with van der Waals surface area (Å²) in [4.78, 5) is 10.9. The number of carbonyl (C=O) groups is 1. The molecule has 2 nitrogen and oxygen atoms in total. The highest BCUT2D eigenvalue weighted by Crippen LogP contribution is 2.32. The van der Waals surface area contributed by atoms with E-state index in [1.165, 1.54) is 0 Å². The molecule has 1 atom stereocenters. The molecule has 1 amide bonds. The molecule has 0 aliphatic rings. The molecule has 1 N–H and O–H groups in total. The van der Waals surface area contributed by atoms with Crippen LogP contribution in [0.25, 0.3) is 0 Å². The van der Waals surface area contributed by atoms with Crippen LogP contribution in [-0.2, 0) is 4.79 Å². The first kappa shape index (κ1) is 13.8. The van der Waals surface area contributed by atoms with E-state index in [1.54, 1.807) is 5.32 Å². The minimum absolute atomic E-state index is 0.252. The number of halogens is 5. The summed E-state index contributed by atoms with van der Waals surface area (Å²) in [5.41, 5.74) is -0.252. The summed E-state index contributed by atoms with van der Waals surface area (Å²) in [6.07, 6.45) is -4.67. The Morgan fingerprint density at radius 1 is 1.29 bits per heavy atom. The van der Waals surface area contributed by atoms with E-state index in [9.17, 15) is 22.4 Å². The van der Waals surface area contributed by atoms with Crippen molar-refractivity contribution in [1.29, 1.82) is 0 Å². The van der Waals surface area contributed by atoms with Gasteiger partial charge in [0.1, 0.15) is 11.7 Å².